The van der Waals surface area contributed by atoms with E-state index in [2.05, 4.69) is 13.8 Å². The number of aromatic hydroxyl groups is 1. The van der Waals surface area contributed by atoms with Gasteiger partial charge < -0.3 is 9.84 Å². The average Bonchev–Trinajstić information content (AvgIpc) is 2.37. The van der Waals surface area contributed by atoms with Crippen LogP contribution in [0, 0.1) is 0 Å². The molecule has 100 valence electrons. The molecule has 2 unspecified atom stereocenters. The predicted octanol–water partition coefficient (Wildman–Crippen LogP) is 3.57. The highest BCUT2D eigenvalue weighted by molar-refractivity contribution is 5.79. The summed E-state index contributed by atoms with van der Waals surface area (Å²) in [5, 5.41) is 10.3. The van der Waals surface area contributed by atoms with E-state index in [0.717, 1.165) is 12.0 Å². The van der Waals surface area contributed by atoms with E-state index in [1.807, 2.05) is 12.1 Å². The fourth-order valence-electron chi connectivity index (χ4n) is 1.94. The fraction of sp³-hybridized carbons (Fsp3) is 0.533. The zero-order valence-electron chi connectivity index (χ0n) is 11.6. The Labute approximate surface area is 109 Å². The first-order valence-corrected chi connectivity index (χ1v) is 6.51. The summed E-state index contributed by atoms with van der Waals surface area (Å²) in [5.41, 5.74) is 1.54. The fourth-order valence-corrected chi connectivity index (χ4v) is 1.94. The Morgan fingerprint density at radius 1 is 1.28 bits per heavy atom. The lowest BCUT2D eigenvalue weighted by molar-refractivity contribution is -0.144. The normalized spacial score (nSPS) is 14.0. The molecular weight excluding hydrogens is 228 g/mol. The van der Waals surface area contributed by atoms with Gasteiger partial charge in [0.25, 0.3) is 0 Å². The molecule has 3 nitrogen and oxygen atoms in total. The predicted molar refractivity (Wildman–Crippen MR) is 71.9 cm³/mol. The van der Waals surface area contributed by atoms with Crippen LogP contribution >= 0.6 is 0 Å². The van der Waals surface area contributed by atoms with Crippen LogP contribution in [0.5, 0.6) is 5.75 Å². The second-order valence-corrected chi connectivity index (χ2v) is 4.57. The van der Waals surface area contributed by atoms with Crippen molar-refractivity contribution in [3.8, 4) is 5.75 Å². The minimum atomic E-state index is -0.436. The Bertz CT molecular complexity index is 412. The number of esters is 1. The smallest absolute Gasteiger partial charge is 0.313 e. The van der Waals surface area contributed by atoms with Gasteiger partial charge in [-0.25, -0.2) is 0 Å². The zero-order valence-corrected chi connectivity index (χ0v) is 11.6. The van der Waals surface area contributed by atoms with Gasteiger partial charge in [-0.3, -0.25) is 4.79 Å². The summed E-state index contributed by atoms with van der Waals surface area (Å²) in [6, 6.07) is 5.57. The number of carbonyl (C=O) groups excluding carboxylic acids is 1. The molecule has 0 spiro atoms. The first kappa shape index (κ1) is 14.6. The molecule has 3 heteroatoms. The van der Waals surface area contributed by atoms with E-state index in [-0.39, 0.29) is 17.6 Å². The molecule has 1 rings (SSSR count). The topological polar surface area (TPSA) is 46.5 Å². The van der Waals surface area contributed by atoms with E-state index < -0.39 is 5.92 Å². The molecule has 0 aromatic heterocycles. The summed E-state index contributed by atoms with van der Waals surface area (Å²) in [6.07, 6.45) is 0.949. The second-order valence-electron chi connectivity index (χ2n) is 4.57. The van der Waals surface area contributed by atoms with Crippen molar-refractivity contribution in [2.45, 2.75) is 46.0 Å². The quantitative estimate of drug-likeness (QED) is 0.812. The number of ether oxygens (including phenoxy) is 1. The number of rotatable bonds is 5. The maximum atomic E-state index is 11.7. The summed E-state index contributed by atoms with van der Waals surface area (Å²) < 4.78 is 4.99. The molecule has 2 atom stereocenters. The molecule has 0 radical (unpaired) electrons. The minimum absolute atomic E-state index is 0.229. The van der Waals surface area contributed by atoms with Crippen LogP contribution in [0.1, 0.15) is 57.1 Å². The first-order chi connectivity index (χ1) is 8.52. The molecule has 1 aromatic carbocycles. The number of phenolic OH excluding ortho intramolecular Hbond substituents is 1. The number of carbonyl (C=O) groups is 1. The van der Waals surface area contributed by atoms with Crippen LogP contribution in [0.25, 0.3) is 0 Å². The molecule has 0 aliphatic heterocycles. The summed E-state index contributed by atoms with van der Waals surface area (Å²) >= 11 is 0. The van der Waals surface area contributed by atoms with Crippen LogP contribution in [0.3, 0.4) is 0 Å². The van der Waals surface area contributed by atoms with E-state index >= 15 is 0 Å². The van der Waals surface area contributed by atoms with Crippen molar-refractivity contribution in [3.05, 3.63) is 29.3 Å². The molecule has 0 saturated carbocycles. The Kier molecular flexibility index (Phi) is 5.20. The summed E-state index contributed by atoms with van der Waals surface area (Å²) in [5.74, 6) is -0.227. The van der Waals surface area contributed by atoms with Gasteiger partial charge in [0.2, 0.25) is 0 Å². The van der Waals surface area contributed by atoms with Crippen molar-refractivity contribution in [2.24, 2.45) is 0 Å². The summed E-state index contributed by atoms with van der Waals surface area (Å²) in [7, 11) is 0. The lowest BCUT2D eigenvalue weighted by Gasteiger charge is -2.17. The Hall–Kier alpha value is -1.51. The van der Waals surface area contributed by atoms with Gasteiger partial charge in [0.05, 0.1) is 12.5 Å². The van der Waals surface area contributed by atoms with Crippen molar-refractivity contribution in [3.63, 3.8) is 0 Å². The summed E-state index contributed by atoms with van der Waals surface area (Å²) in [4.78, 5) is 11.7. The maximum Gasteiger partial charge on any atom is 0.313 e. The van der Waals surface area contributed by atoms with Gasteiger partial charge in [-0.05, 0) is 31.7 Å². The molecule has 0 aliphatic carbocycles. The first-order valence-electron chi connectivity index (χ1n) is 6.51. The van der Waals surface area contributed by atoms with E-state index in [1.165, 1.54) is 0 Å². The number of hydrogen-bond donors (Lipinski definition) is 1. The van der Waals surface area contributed by atoms with E-state index in [4.69, 9.17) is 4.74 Å². The lowest BCUT2D eigenvalue weighted by atomic mass is 9.91. The van der Waals surface area contributed by atoms with Crippen LogP contribution < -0.4 is 0 Å². The number of benzene rings is 1. The standard InChI is InChI=1S/C15H22O3/c1-5-10(3)12-8-7-9-13(14(12)16)11(4)15(17)18-6-2/h7-11,16H,5-6H2,1-4H3. The third kappa shape index (κ3) is 3.03. The minimum Gasteiger partial charge on any atom is -0.507 e. The summed E-state index contributed by atoms with van der Waals surface area (Å²) in [6.45, 7) is 8.03. The van der Waals surface area contributed by atoms with Crippen LogP contribution in [-0.2, 0) is 9.53 Å². The number of hydrogen-bond acceptors (Lipinski definition) is 3. The van der Waals surface area contributed by atoms with Crippen molar-refractivity contribution in [1.29, 1.82) is 0 Å². The van der Waals surface area contributed by atoms with Gasteiger partial charge in [-0.15, -0.1) is 0 Å². The van der Waals surface area contributed by atoms with Gasteiger partial charge in [0.15, 0.2) is 0 Å². The molecule has 0 aliphatic rings. The molecule has 1 N–H and O–H groups in total. The van der Waals surface area contributed by atoms with Crippen molar-refractivity contribution >= 4 is 5.97 Å². The number of phenols is 1. The molecule has 0 heterocycles. The highest BCUT2D eigenvalue weighted by Gasteiger charge is 2.22. The molecule has 18 heavy (non-hydrogen) atoms. The van der Waals surface area contributed by atoms with Crippen LogP contribution in [0.2, 0.25) is 0 Å². The Balaban J connectivity index is 3.06. The van der Waals surface area contributed by atoms with Crippen LogP contribution in [0.15, 0.2) is 18.2 Å². The lowest BCUT2D eigenvalue weighted by Crippen LogP contribution is -2.13. The highest BCUT2D eigenvalue weighted by atomic mass is 16.5. The molecular formula is C15H22O3. The molecule has 0 amide bonds. The highest BCUT2D eigenvalue weighted by Crippen LogP contribution is 2.35. The van der Waals surface area contributed by atoms with Gasteiger partial charge in [-0.2, -0.15) is 0 Å². The van der Waals surface area contributed by atoms with Gasteiger partial charge in [0.1, 0.15) is 5.75 Å². The largest absolute Gasteiger partial charge is 0.507 e. The van der Waals surface area contributed by atoms with Crippen molar-refractivity contribution < 1.29 is 14.6 Å². The Morgan fingerprint density at radius 3 is 2.44 bits per heavy atom. The van der Waals surface area contributed by atoms with Gasteiger partial charge >= 0.3 is 5.97 Å². The SMILES string of the molecule is CCOC(=O)C(C)c1cccc(C(C)CC)c1O. The zero-order chi connectivity index (χ0) is 13.7. The monoisotopic (exact) mass is 250 g/mol. The van der Waals surface area contributed by atoms with E-state index in [9.17, 15) is 9.90 Å². The molecule has 0 fully saturated rings. The maximum absolute atomic E-state index is 11.7. The van der Waals surface area contributed by atoms with E-state index in [0.29, 0.717) is 12.2 Å². The Morgan fingerprint density at radius 2 is 1.89 bits per heavy atom. The molecule has 0 bridgehead atoms. The second kappa shape index (κ2) is 6.43. The molecule has 1 aromatic rings. The van der Waals surface area contributed by atoms with E-state index in [1.54, 1.807) is 19.9 Å². The van der Waals surface area contributed by atoms with Crippen molar-refractivity contribution in [2.75, 3.05) is 6.61 Å². The van der Waals surface area contributed by atoms with Crippen LogP contribution in [0.4, 0.5) is 0 Å². The third-order valence-corrected chi connectivity index (χ3v) is 3.35. The van der Waals surface area contributed by atoms with Gasteiger partial charge in [0, 0.05) is 5.56 Å². The number of para-hydroxylation sites is 1. The van der Waals surface area contributed by atoms with Gasteiger partial charge in [-0.1, -0.05) is 32.0 Å². The van der Waals surface area contributed by atoms with Crippen molar-refractivity contribution in [1.82, 2.24) is 0 Å². The third-order valence-electron chi connectivity index (χ3n) is 3.35. The average molecular weight is 250 g/mol. The molecule has 0 saturated heterocycles. The van der Waals surface area contributed by atoms with Crippen LogP contribution in [-0.4, -0.2) is 17.7 Å².